The van der Waals surface area contributed by atoms with Crippen molar-refractivity contribution >= 4 is 22.6 Å². The molecular formula is C16H21ClN2O2. The highest BCUT2D eigenvalue weighted by Crippen LogP contribution is 2.39. The van der Waals surface area contributed by atoms with Crippen molar-refractivity contribution in [2.75, 3.05) is 13.2 Å². The molecule has 3 rings (SSSR count). The number of rotatable bonds is 4. The normalized spacial score (nSPS) is 25.6. The summed E-state index contributed by atoms with van der Waals surface area (Å²) < 4.78 is 13.7. The molecule has 1 aliphatic heterocycles. The number of imidazole rings is 1. The Kier molecular flexibility index (Phi) is 3.84. The van der Waals surface area contributed by atoms with Crippen LogP contribution in [0.25, 0.3) is 11.0 Å². The summed E-state index contributed by atoms with van der Waals surface area (Å²) in [6.45, 7) is 7.70. The molecule has 1 aromatic heterocycles. The first kappa shape index (κ1) is 14.7. The molecule has 1 aromatic carbocycles. The Bertz CT molecular complexity index is 655. The van der Waals surface area contributed by atoms with Gasteiger partial charge in [-0.1, -0.05) is 6.07 Å². The SMILES string of the molecule is CCOc1cccc2c1nc(CCl)n2C1(C)CCOC1C. The van der Waals surface area contributed by atoms with Gasteiger partial charge in [0.15, 0.2) is 0 Å². The van der Waals surface area contributed by atoms with E-state index in [0.717, 1.165) is 35.6 Å². The summed E-state index contributed by atoms with van der Waals surface area (Å²) >= 11 is 6.16. The number of ether oxygens (including phenoxy) is 2. The van der Waals surface area contributed by atoms with Gasteiger partial charge in [0.2, 0.25) is 0 Å². The second-order valence-corrected chi connectivity index (χ2v) is 5.94. The molecule has 114 valence electrons. The summed E-state index contributed by atoms with van der Waals surface area (Å²) in [6.07, 6.45) is 1.09. The van der Waals surface area contributed by atoms with Crippen LogP contribution in [0.4, 0.5) is 0 Å². The molecule has 2 atom stereocenters. The monoisotopic (exact) mass is 308 g/mol. The Morgan fingerprint density at radius 1 is 1.52 bits per heavy atom. The van der Waals surface area contributed by atoms with Crippen LogP contribution in [0.3, 0.4) is 0 Å². The van der Waals surface area contributed by atoms with E-state index in [9.17, 15) is 0 Å². The van der Waals surface area contributed by atoms with Crippen LogP contribution in [0.2, 0.25) is 0 Å². The molecule has 21 heavy (non-hydrogen) atoms. The fraction of sp³-hybridized carbons (Fsp3) is 0.562. The second kappa shape index (κ2) is 5.50. The van der Waals surface area contributed by atoms with E-state index in [4.69, 9.17) is 26.1 Å². The van der Waals surface area contributed by atoms with Gasteiger partial charge in [-0.3, -0.25) is 0 Å². The molecular weight excluding hydrogens is 288 g/mol. The van der Waals surface area contributed by atoms with Gasteiger partial charge in [0, 0.05) is 6.61 Å². The van der Waals surface area contributed by atoms with Crippen molar-refractivity contribution in [3.63, 3.8) is 0 Å². The van der Waals surface area contributed by atoms with Crippen molar-refractivity contribution in [2.24, 2.45) is 0 Å². The van der Waals surface area contributed by atoms with Gasteiger partial charge in [-0.15, -0.1) is 11.6 Å². The zero-order valence-electron chi connectivity index (χ0n) is 12.7. The van der Waals surface area contributed by atoms with Crippen LogP contribution in [0.1, 0.15) is 33.0 Å². The van der Waals surface area contributed by atoms with Crippen molar-refractivity contribution < 1.29 is 9.47 Å². The maximum atomic E-state index is 6.16. The van der Waals surface area contributed by atoms with Crippen molar-refractivity contribution in [3.05, 3.63) is 24.0 Å². The maximum Gasteiger partial charge on any atom is 0.147 e. The minimum Gasteiger partial charge on any atom is -0.492 e. The largest absolute Gasteiger partial charge is 0.492 e. The number of para-hydroxylation sites is 1. The molecule has 0 N–H and O–H groups in total. The molecule has 0 saturated carbocycles. The van der Waals surface area contributed by atoms with Gasteiger partial charge in [-0.05, 0) is 39.3 Å². The molecule has 0 radical (unpaired) electrons. The minimum atomic E-state index is -0.121. The summed E-state index contributed by atoms with van der Waals surface area (Å²) in [7, 11) is 0. The van der Waals surface area contributed by atoms with Crippen molar-refractivity contribution in [3.8, 4) is 5.75 Å². The fourth-order valence-electron chi connectivity index (χ4n) is 3.17. The summed E-state index contributed by atoms with van der Waals surface area (Å²) in [5.74, 6) is 2.07. The molecule has 0 aliphatic carbocycles. The molecule has 0 amide bonds. The average molecular weight is 309 g/mol. The molecule has 1 saturated heterocycles. The van der Waals surface area contributed by atoms with Crippen LogP contribution in [-0.2, 0) is 16.2 Å². The number of hydrogen-bond acceptors (Lipinski definition) is 3. The molecule has 5 heteroatoms. The predicted molar refractivity (Wildman–Crippen MR) is 84.1 cm³/mol. The number of fused-ring (bicyclic) bond motifs is 1. The number of nitrogens with zero attached hydrogens (tertiary/aromatic N) is 2. The van der Waals surface area contributed by atoms with E-state index in [-0.39, 0.29) is 11.6 Å². The molecule has 0 spiro atoms. The summed E-state index contributed by atoms with van der Waals surface area (Å²) in [4.78, 5) is 4.72. The summed E-state index contributed by atoms with van der Waals surface area (Å²) in [5, 5.41) is 0. The van der Waals surface area contributed by atoms with Crippen molar-refractivity contribution in [2.45, 2.75) is 44.7 Å². The Balaban J connectivity index is 2.24. The van der Waals surface area contributed by atoms with E-state index in [1.807, 2.05) is 19.1 Å². The smallest absolute Gasteiger partial charge is 0.147 e. The molecule has 2 unspecified atom stereocenters. The average Bonchev–Trinajstić information content (AvgIpc) is 3.01. The maximum absolute atomic E-state index is 6.16. The predicted octanol–water partition coefficient (Wildman–Crippen LogP) is 3.70. The first-order valence-electron chi connectivity index (χ1n) is 7.43. The Labute approximate surface area is 130 Å². The Morgan fingerprint density at radius 3 is 2.95 bits per heavy atom. The van der Waals surface area contributed by atoms with Gasteiger partial charge >= 0.3 is 0 Å². The van der Waals surface area contributed by atoms with Gasteiger partial charge < -0.3 is 14.0 Å². The topological polar surface area (TPSA) is 36.3 Å². The van der Waals surface area contributed by atoms with Crippen LogP contribution in [0.5, 0.6) is 5.75 Å². The highest BCUT2D eigenvalue weighted by atomic mass is 35.5. The fourth-order valence-corrected chi connectivity index (χ4v) is 3.35. The number of hydrogen-bond donors (Lipinski definition) is 0. The lowest BCUT2D eigenvalue weighted by Gasteiger charge is -2.31. The van der Waals surface area contributed by atoms with Gasteiger partial charge in [-0.2, -0.15) is 0 Å². The zero-order valence-corrected chi connectivity index (χ0v) is 13.5. The molecule has 0 bridgehead atoms. The van der Waals surface area contributed by atoms with E-state index in [1.54, 1.807) is 0 Å². The summed E-state index contributed by atoms with van der Waals surface area (Å²) in [5.41, 5.74) is 1.83. The van der Waals surface area contributed by atoms with Crippen LogP contribution in [0, 0.1) is 0 Å². The first-order valence-corrected chi connectivity index (χ1v) is 7.96. The van der Waals surface area contributed by atoms with Crippen LogP contribution >= 0.6 is 11.6 Å². The van der Waals surface area contributed by atoms with Crippen molar-refractivity contribution in [1.29, 1.82) is 0 Å². The summed E-state index contributed by atoms with van der Waals surface area (Å²) in [6, 6.07) is 6.04. The minimum absolute atomic E-state index is 0.121. The number of aromatic nitrogens is 2. The van der Waals surface area contributed by atoms with Crippen LogP contribution < -0.4 is 4.74 Å². The second-order valence-electron chi connectivity index (χ2n) is 5.67. The third-order valence-corrected chi connectivity index (χ3v) is 4.74. The molecule has 2 aromatic rings. The zero-order chi connectivity index (χ0) is 15.0. The first-order chi connectivity index (χ1) is 10.1. The molecule has 4 nitrogen and oxygen atoms in total. The molecule has 1 aliphatic rings. The van der Waals surface area contributed by atoms with Crippen LogP contribution in [0.15, 0.2) is 18.2 Å². The highest BCUT2D eigenvalue weighted by Gasteiger charge is 2.41. The number of benzene rings is 1. The van der Waals surface area contributed by atoms with Crippen molar-refractivity contribution in [1.82, 2.24) is 9.55 Å². The van der Waals surface area contributed by atoms with E-state index >= 15 is 0 Å². The van der Waals surface area contributed by atoms with E-state index < -0.39 is 0 Å². The lowest BCUT2D eigenvalue weighted by molar-refractivity contribution is 0.0766. The van der Waals surface area contributed by atoms with Gasteiger partial charge in [-0.25, -0.2) is 4.98 Å². The quantitative estimate of drug-likeness (QED) is 0.808. The molecule has 2 heterocycles. The standard InChI is InChI=1S/C16H21ClN2O2/c1-4-20-13-7-5-6-12-15(13)18-14(10-17)19(12)16(3)8-9-21-11(16)2/h5-7,11H,4,8-10H2,1-3H3. The number of halogens is 1. The third kappa shape index (κ3) is 2.21. The Hall–Kier alpha value is -1.26. The van der Waals surface area contributed by atoms with E-state index in [0.29, 0.717) is 12.5 Å². The molecule has 1 fully saturated rings. The lowest BCUT2D eigenvalue weighted by Crippen LogP contribution is -2.37. The van der Waals surface area contributed by atoms with Gasteiger partial charge in [0.25, 0.3) is 0 Å². The third-order valence-electron chi connectivity index (χ3n) is 4.50. The number of alkyl halides is 1. The lowest BCUT2D eigenvalue weighted by atomic mass is 9.93. The Morgan fingerprint density at radius 2 is 2.33 bits per heavy atom. The van der Waals surface area contributed by atoms with Gasteiger partial charge in [0.05, 0.1) is 29.6 Å². The highest BCUT2D eigenvalue weighted by molar-refractivity contribution is 6.16. The van der Waals surface area contributed by atoms with E-state index in [2.05, 4.69) is 24.5 Å². The van der Waals surface area contributed by atoms with Crippen LogP contribution in [-0.4, -0.2) is 28.9 Å². The van der Waals surface area contributed by atoms with Gasteiger partial charge in [0.1, 0.15) is 17.1 Å². The van der Waals surface area contributed by atoms with E-state index in [1.165, 1.54) is 0 Å².